The van der Waals surface area contributed by atoms with Crippen LogP contribution in [0.5, 0.6) is 0 Å². The number of carbonyl (C=O) groups excluding carboxylic acids is 2. The molecule has 3 rings (SSSR count). The van der Waals surface area contributed by atoms with E-state index in [4.69, 9.17) is 0 Å². The van der Waals surface area contributed by atoms with Crippen LogP contribution in [-0.2, 0) is 22.3 Å². The van der Waals surface area contributed by atoms with Crippen LogP contribution in [0.1, 0.15) is 57.1 Å². The molecule has 7 heteroatoms. The molecule has 1 aromatic rings. The first-order valence-corrected chi connectivity index (χ1v) is 9.93. The second-order valence-electron chi connectivity index (χ2n) is 8.15. The van der Waals surface area contributed by atoms with Gasteiger partial charge in [0.2, 0.25) is 11.8 Å². The summed E-state index contributed by atoms with van der Waals surface area (Å²) in [5.74, 6) is -0.589. The number of alkyl halides is 3. The van der Waals surface area contributed by atoms with E-state index in [0.717, 1.165) is 37.8 Å². The first-order valence-electron chi connectivity index (χ1n) is 9.93. The van der Waals surface area contributed by atoms with Crippen molar-refractivity contribution in [2.45, 2.75) is 70.8 Å². The first-order chi connectivity index (χ1) is 13.2. The van der Waals surface area contributed by atoms with Gasteiger partial charge in [-0.2, -0.15) is 13.2 Å². The summed E-state index contributed by atoms with van der Waals surface area (Å²) in [6.45, 7) is 4.35. The highest BCUT2D eigenvalue weighted by molar-refractivity contribution is 5.89. The molecule has 1 heterocycles. The molecule has 2 aliphatic rings. The summed E-state index contributed by atoms with van der Waals surface area (Å²) in [6, 6.07) is 5.33. The highest BCUT2D eigenvalue weighted by Gasteiger charge is 2.40. The molecule has 0 spiro atoms. The maximum absolute atomic E-state index is 13.1. The molecular weight excluding hydrogens is 369 g/mol. The maximum atomic E-state index is 13.1. The van der Waals surface area contributed by atoms with Crippen molar-refractivity contribution < 1.29 is 22.8 Å². The zero-order valence-corrected chi connectivity index (χ0v) is 16.3. The van der Waals surface area contributed by atoms with Gasteiger partial charge in [0.15, 0.2) is 0 Å². The van der Waals surface area contributed by atoms with Gasteiger partial charge in [0.25, 0.3) is 0 Å². The van der Waals surface area contributed by atoms with Crippen LogP contribution in [0.25, 0.3) is 0 Å². The second kappa shape index (κ2) is 8.13. The fraction of sp³-hybridized carbons (Fsp3) is 0.619. The van der Waals surface area contributed by atoms with Gasteiger partial charge >= 0.3 is 6.18 Å². The number of halogens is 3. The van der Waals surface area contributed by atoms with E-state index >= 15 is 0 Å². The van der Waals surface area contributed by atoms with Crippen molar-refractivity contribution in [2.75, 3.05) is 6.54 Å². The van der Waals surface area contributed by atoms with Crippen LogP contribution in [0.2, 0.25) is 0 Å². The maximum Gasteiger partial charge on any atom is 0.416 e. The topological polar surface area (TPSA) is 40.6 Å². The molecule has 4 nitrogen and oxygen atoms in total. The van der Waals surface area contributed by atoms with E-state index in [-0.39, 0.29) is 43.4 Å². The Morgan fingerprint density at radius 3 is 2.54 bits per heavy atom. The number of hydrogen-bond donors (Lipinski definition) is 0. The van der Waals surface area contributed by atoms with Crippen LogP contribution >= 0.6 is 0 Å². The fourth-order valence-electron chi connectivity index (χ4n) is 4.41. The van der Waals surface area contributed by atoms with Gasteiger partial charge in [0.1, 0.15) is 0 Å². The molecule has 0 aromatic heterocycles. The number of rotatable bonds is 5. The number of hydrogen-bond acceptors (Lipinski definition) is 2. The summed E-state index contributed by atoms with van der Waals surface area (Å²) in [6.07, 6.45) is -0.0494. The van der Waals surface area contributed by atoms with Crippen LogP contribution in [0.15, 0.2) is 24.3 Å². The Kier molecular flexibility index (Phi) is 6.01. The lowest BCUT2D eigenvalue weighted by atomic mass is 10.0. The molecule has 2 amide bonds. The van der Waals surface area contributed by atoms with Gasteiger partial charge in [0.05, 0.1) is 11.5 Å². The Morgan fingerprint density at radius 1 is 1.25 bits per heavy atom. The molecule has 1 unspecified atom stereocenters. The summed E-state index contributed by atoms with van der Waals surface area (Å²) >= 11 is 0. The van der Waals surface area contributed by atoms with E-state index < -0.39 is 17.7 Å². The standard InChI is InChI=1S/C21H27F3N2O2/c1-14(2)26(18-8-3-4-9-18)20(28)16-11-19(27)25(13-16)12-15-6-5-7-17(10-15)21(22,23)24/h5-7,10,14,16,18H,3-4,8-9,11-13H2,1-2H3. The minimum atomic E-state index is -4.41. The predicted molar refractivity (Wildman–Crippen MR) is 99.2 cm³/mol. The van der Waals surface area contributed by atoms with Crippen molar-refractivity contribution in [3.05, 3.63) is 35.4 Å². The molecule has 2 fully saturated rings. The molecule has 1 saturated heterocycles. The Balaban J connectivity index is 1.68. The van der Waals surface area contributed by atoms with Crippen molar-refractivity contribution in [2.24, 2.45) is 5.92 Å². The molecule has 0 bridgehead atoms. The molecule has 1 aliphatic heterocycles. The predicted octanol–water partition coefficient (Wildman–Crippen LogP) is 4.23. The Bertz CT molecular complexity index is 727. The molecule has 0 N–H and O–H groups in total. The minimum absolute atomic E-state index is 0.00166. The van der Waals surface area contributed by atoms with E-state index in [1.54, 1.807) is 6.07 Å². The average Bonchev–Trinajstić information content (AvgIpc) is 3.25. The van der Waals surface area contributed by atoms with Gasteiger partial charge in [-0.15, -0.1) is 0 Å². The minimum Gasteiger partial charge on any atom is -0.338 e. The van der Waals surface area contributed by atoms with Crippen molar-refractivity contribution in [3.8, 4) is 0 Å². The van der Waals surface area contributed by atoms with E-state index in [2.05, 4.69) is 0 Å². The quantitative estimate of drug-likeness (QED) is 0.747. The monoisotopic (exact) mass is 396 g/mol. The van der Waals surface area contributed by atoms with Gasteiger partial charge in [0, 0.05) is 31.6 Å². The van der Waals surface area contributed by atoms with Crippen LogP contribution in [0, 0.1) is 5.92 Å². The number of amides is 2. The highest BCUT2D eigenvalue weighted by Crippen LogP contribution is 2.32. The van der Waals surface area contributed by atoms with Crippen molar-refractivity contribution in [3.63, 3.8) is 0 Å². The van der Waals surface area contributed by atoms with Crippen LogP contribution in [-0.4, -0.2) is 40.2 Å². The third-order valence-corrected chi connectivity index (χ3v) is 5.72. The van der Waals surface area contributed by atoms with E-state index in [1.807, 2.05) is 18.7 Å². The van der Waals surface area contributed by atoms with Gasteiger partial charge < -0.3 is 9.80 Å². The smallest absolute Gasteiger partial charge is 0.338 e. The van der Waals surface area contributed by atoms with E-state index in [0.29, 0.717) is 5.56 Å². The molecule has 154 valence electrons. The van der Waals surface area contributed by atoms with Crippen molar-refractivity contribution in [1.82, 2.24) is 9.80 Å². The van der Waals surface area contributed by atoms with Gasteiger partial charge in [-0.25, -0.2) is 0 Å². The van der Waals surface area contributed by atoms with Crippen LogP contribution in [0.4, 0.5) is 13.2 Å². The average molecular weight is 396 g/mol. The van der Waals surface area contributed by atoms with Gasteiger partial charge in [-0.05, 0) is 44.4 Å². The molecule has 1 atom stereocenters. The number of benzene rings is 1. The summed E-state index contributed by atoms with van der Waals surface area (Å²) in [4.78, 5) is 29.0. The summed E-state index contributed by atoms with van der Waals surface area (Å²) < 4.78 is 38.7. The molecular formula is C21H27F3N2O2. The molecule has 1 saturated carbocycles. The van der Waals surface area contributed by atoms with E-state index in [9.17, 15) is 22.8 Å². The van der Waals surface area contributed by atoms with Crippen LogP contribution < -0.4 is 0 Å². The Morgan fingerprint density at radius 2 is 1.93 bits per heavy atom. The normalized spacial score (nSPS) is 21.0. The van der Waals surface area contributed by atoms with Crippen molar-refractivity contribution >= 4 is 11.8 Å². The highest BCUT2D eigenvalue weighted by atomic mass is 19.4. The van der Waals surface area contributed by atoms with E-state index in [1.165, 1.54) is 11.0 Å². The lowest BCUT2D eigenvalue weighted by Gasteiger charge is -2.34. The number of likely N-dealkylation sites (tertiary alicyclic amines) is 1. The molecule has 1 aromatic carbocycles. The zero-order valence-electron chi connectivity index (χ0n) is 16.3. The first kappa shape index (κ1) is 20.7. The SMILES string of the molecule is CC(C)N(C(=O)C1CC(=O)N(Cc2cccc(C(F)(F)F)c2)C1)C1CCCC1. The van der Waals surface area contributed by atoms with Crippen molar-refractivity contribution in [1.29, 1.82) is 0 Å². The van der Waals surface area contributed by atoms with Gasteiger partial charge in [-0.3, -0.25) is 9.59 Å². The number of carbonyl (C=O) groups is 2. The lowest BCUT2D eigenvalue weighted by Crippen LogP contribution is -2.47. The largest absolute Gasteiger partial charge is 0.416 e. The third kappa shape index (κ3) is 4.50. The molecule has 28 heavy (non-hydrogen) atoms. The Hall–Kier alpha value is -2.05. The second-order valence-corrected chi connectivity index (χ2v) is 8.15. The summed E-state index contributed by atoms with van der Waals surface area (Å²) in [7, 11) is 0. The van der Waals surface area contributed by atoms with Gasteiger partial charge in [-0.1, -0.05) is 25.0 Å². The number of nitrogens with zero attached hydrogens (tertiary/aromatic N) is 2. The fourth-order valence-corrected chi connectivity index (χ4v) is 4.41. The summed E-state index contributed by atoms with van der Waals surface area (Å²) in [5.41, 5.74) is -0.302. The Labute approximate surface area is 163 Å². The molecule has 1 aliphatic carbocycles. The lowest BCUT2D eigenvalue weighted by molar-refractivity contribution is -0.140. The zero-order chi connectivity index (χ0) is 20.5. The molecule has 0 radical (unpaired) electrons. The van der Waals surface area contributed by atoms with Crippen LogP contribution in [0.3, 0.4) is 0 Å². The third-order valence-electron chi connectivity index (χ3n) is 5.72. The summed E-state index contributed by atoms with van der Waals surface area (Å²) in [5, 5.41) is 0.